The summed E-state index contributed by atoms with van der Waals surface area (Å²) in [5.74, 6) is 0.768. The van der Waals surface area contributed by atoms with Gasteiger partial charge in [-0.1, -0.05) is 24.9 Å². The van der Waals surface area contributed by atoms with Gasteiger partial charge in [0, 0.05) is 24.3 Å². The molecule has 1 aromatic rings. The molecule has 3 nitrogen and oxygen atoms in total. The molecule has 0 aromatic carbocycles. The molecule has 1 unspecified atom stereocenters. The van der Waals surface area contributed by atoms with Gasteiger partial charge in [-0.25, -0.2) is 0 Å². The van der Waals surface area contributed by atoms with Crippen LogP contribution in [0.5, 0.6) is 0 Å². The molecule has 0 N–H and O–H groups in total. The number of pyridine rings is 1. The first-order valence-corrected chi connectivity index (χ1v) is 6.99. The molecule has 1 atom stereocenters. The standard InChI is InChI=1S/C14H19ClN2O/c1-2-11-4-3-8-17(9-6-11)14(18)13-10-12(15)5-7-16-13/h5,7,10-11H,2-4,6,8-9H2,1H3. The van der Waals surface area contributed by atoms with E-state index in [1.165, 1.54) is 12.8 Å². The molecule has 2 rings (SSSR count). The first-order chi connectivity index (χ1) is 8.70. The lowest BCUT2D eigenvalue weighted by atomic mass is 9.98. The second kappa shape index (κ2) is 6.19. The molecule has 0 spiro atoms. The van der Waals surface area contributed by atoms with Crippen molar-refractivity contribution in [1.82, 2.24) is 9.88 Å². The van der Waals surface area contributed by atoms with E-state index in [0.717, 1.165) is 31.8 Å². The topological polar surface area (TPSA) is 33.2 Å². The molecule has 1 aliphatic rings. The fourth-order valence-electron chi connectivity index (χ4n) is 2.46. The molecule has 0 aliphatic carbocycles. The molecule has 1 aromatic heterocycles. The highest BCUT2D eigenvalue weighted by molar-refractivity contribution is 6.30. The van der Waals surface area contributed by atoms with Crippen LogP contribution in [0.15, 0.2) is 18.3 Å². The van der Waals surface area contributed by atoms with Crippen LogP contribution >= 0.6 is 11.6 Å². The molecule has 2 heterocycles. The van der Waals surface area contributed by atoms with Crippen LogP contribution < -0.4 is 0 Å². The fourth-order valence-corrected chi connectivity index (χ4v) is 2.62. The smallest absolute Gasteiger partial charge is 0.272 e. The third-order valence-corrected chi connectivity index (χ3v) is 3.89. The highest BCUT2D eigenvalue weighted by Crippen LogP contribution is 2.21. The van der Waals surface area contributed by atoms with Gasteiger partial charge in [0.1, 0.15) is 5.69 Å². The maximum Gasteiger partial charge on any atom is 0.272 e. The Kier molecular flexibility index (Phi) is 4.59. The van der Waals surface area contributed by atoms with E-state index >= 15 is 0 Å². The largest absolute Gasteiger partial charge is 0.337 e. The van der Waals surface area contributed by atoms with E-state index in [1.54, 1.807) is 18.3 Å². The number of aromatic nitrogens is 1. The highest BCUT2D eigenvalue weighted by atomic mass is 35.5. The summed E-state index contributed by atoms with van der Waals surface area (Å²) in [6.07, 6.45) is 6.20. The Morgan fingerprint density at radius 2 is 2.33 bits per heavy atom. The van der Waals surface area contributed by atoms with Gasteiger partial charge < -0.3 is 4.90 Å². The van der Waals surface area contributed by atoms with Crippen LogP contribution in [0.25, 0.3) is 0 Å². The minimum Gasteiger partial charge on any atom is -0.337 e. The van der Waals surface area contributed by atoms with Crippen LogP contribution in [-0.2, 0) is 0 Å². The fraction of sp³-hybridized carbons (Fsp3) is 0.571. The quantitative estimate of drug-likeness (QED) is 0.822. The third kappa shape index (κ3) is 3.22. The molecular formula is C14H19ClN2O. The summed E-state index contributed by atoms with van der Waals surface area (Å²) in [7, 11) is 0. The van der Waals surface area contributed by atoms with Gasteiger partial charge in [-0.05, 0) is 37.3 Å². The van der Waals surface area contributed by atoms with Crippen molar-refractivity contribution in [3.05, 3.63) is 29.0 Å². The van der Waals surface area contributed by atoms with Crippen molar-refractivity contribution in [2.75, 3.05) is 13.1 Å². The summed E-state index contributed by atoms with van der Waals surface area (Å²) in [5.41, 5.74) is 0.456. The van der Waals surface area contributed by atoms with Gasteiger partial charge in [-0.3, -0.25) is 9.78 Å². The number of hydrogen-bond acceptors (Lipinski definition) is 2. The summed E-state index contributed by atoms with van der Waals surface area (Å²) in [6.45, 7) is 3.90. The zero-order chi connectivity index (χ0) is 13.0. The van der Waals surface area contributed by atoms with Crippen LogP contribution in [0.3, 0.4) is 0 Å². The molecule has 1 saturated heterocycles. The minimum absolute atomic E-state index is 0.00857. The predicted molar refractivity (Wildman–Crippen MR) is 72.8 cm³/mol. The number of nitrogens with zero attached hydrogens (tertiary/aromatic N) is 2. The third-order valence-electron chi connectivity index (χ3n) is 3.65. The van der Waals surface area contributed by atoms with E-state index < -0.39 is 0 Å². The number of hydrogen-bond donors (Lipinski definition) is 0. The van der Waals surface area contributed by atoms with Gasteiger partial charge in [-0.15, -0.1) is 0 Å². The van der Waals surface area contributed by atoms with Crippen LogP contribution in [0, 0.1) is 5.92 Å². The van der Waals surface area contributed by atoms with Gasteiger partial charge in [0.15, 0.2) is 0 Å². The molecular weight excluding hydrogens is 248 g/mol. The Morgan fingerprint density at radius 1 is 1.50 bits per heavy atom. The van der Waals surface area contributed by atoms with Crippen LogP contribution in [0.4, 0.5) is 0 Å². The van der Waals surface area contributed by atoms with E-state index in [4.69, 9.17) is 11.6 Å². The summed E-state index contributed by atoms with van der Waals surface area (Å²) < 4.78 is 0. The van der Waals surface area contributed by atoms with E-state index in [2.05, 4.69) is 11.9 Å². The van der Waals surface area contributed by atoms with Crippen molar-refractivity contribution in [2.24, 2.45) is 5.92 Å². The van der Waals surface area contributed by atoms with Gasteiger partial charge in [-0.2, -0.15) is 0 Å². The number of likely N-dealkylation sites (tertiary alicyclic amines) is 1. The predicted octanol–water partition coefficient (Wildman–Crippen LogP) is 3.39. The van der Waals surface area contributed by atoms with Crippen LogP contribution in [0.1, 0.15) is 43.1 Å². The maximum absolute atomic E-state index is 12.3. The van der Waals surface area contributed by atoms with Crippen molar-refractivity contribution < 1.29 is 4.79 Å². The van der Waals surface area contributed by atoms with Gasteiger partial charge in [0.25, 0.3) is 5.91 Å². The number of amides is 1. The van der Waals surface area contributed by atoms with E-state index in [0.29, 0.717) is 10.7 Å². The molecule has 1 aliphatic heterocycles. The molecule has 4 heteroatoms. The highest BCUT2D eigenvalue weighted by Gasteiger charge is 2.21. The SMILES string of the molecule is CCC1CCCN(C(=O)c2cc(Cl)ccn2)CC1. The Balaban J connectivity index is 2.05. The van der Waals surface area contributed by atoms with Crippen molar-refractivity contribution in [1.29, 1.82) is 0 Å². The molecule has 0 bridgehead atoms. The number of carbonyl (C=O) groups excluding carboxylic acids is 1. The van der Waals surface area contributed by atoms with E-state index in [-0.39, 0.29) is 5.91 Å². The van der Waals surface area contributed by atoms with E-state index in [1.807, 2.05) is 4.90 Å². The van der Waals surface area contributed by atoms with Crippen LogP contribution in [-0.4, -0.2) is 28.9 Å². The Labute approximate surface area is 113 Å². The Hall–Kier alpha value is -1.09. The summed E-state index contributed by atoms with van der Waals surface area (Å²) in [4.78, 5) is 18.3. The second-order valence-corrected chi connectivity index (χ2v) is 5.29. The normalized spacial score (nSPS) is 20.6. The maximum atomic E-state index is 12.3. The first-order valence-electron chi connectivity index (χ1n) is 6.61. The van der Waals surface area contributed by atoms with Crippen molar-refractivity contribution in [3.63, 3.8) is 0 Å². The summed E-state index contributed by atoms with van der Waals surface area (Å²) >= 11 is 5.89. The average molecular weight is 267 g/mol. The number of carbonyl (C=O) groups is 1. The van der Waals surface area contributed by atoms with Gasteiger partial charge in [0.05, 0.1) is 0 Å². The van der Waals surface area contributed by atoms with Crippen LogP contribution in [0.2, 0.25) is 5.02 Å². The molecule has 0 saturated carbocycles. The Morgan fingerprint density at radius 3 is 3.06 bits per heavy atom. The number of rotatable bonds is 2. The first kappa shape index (κ1) is 13.3. The average Bonchev–Trinajstić information content (AvgIpc) is 2.63. The summed E-state index contributed by atoms with van der Waals surface area (Å²) in [5, 5.41) is 0.564. The molecule has 0 radical (unpaired) electrons. The monoisotopic (exact) mass is 266 g/mol. The lowest BCUT2D eigenvalue weighted by molar-refractivity contribution is 0.0754. The molecule has 1 fully saturated rings. The minimum atomic E-state index is 0.00857. The van der Waals surface area contributed by atoms with Crippen molar-refractivity contribution >= 4 is 17.5 Å². The van der Waals surface area contributed by atoms with E-state index in [9.17, 15) is 4.79 Å². The van der Waals surface area contributed by atoms with Crippen molar-refractivity contribution in [2.45, 2.75) is 32.6 Å². The zero-order valence-corrected chi connectivity index (χ0v) is 11.5. The zero-order valence-electron chi connectivity index (χ0n) is 10.7. The summed E-state index contributed by atoms with van der Waals surface area (Å²) in [6, 6.07) is 3.33. The molecule has 1 amide bonds. The number of halogens is 1. The van der Waals surface area contributed by atoms with Gasteiger partial charge >= 0.3 is 0 Å². The van der Waals surface area contributed by atoms with Gasteiger partial charge in [0.2, 0.25) is 0 Å². The Bertz CT molecular complexity index is 422. The van der Waals surface area contributed by atoms with Crippen molar-refractivity contribution in [3.8, 4) is 0 Å². The molecule has 98 valence electrons. The molecule has 18 heavy (non-hydrogen) atoms. The lowest BCUT2D eigenvalue weighted by Gasteiger charge is -2.20. The lowest BCUT2D eigenvalue weighted by Crippen LogP contribution is -2.32. The second-order valence-electron chi connectivity index (χ2n) is 4.86.